The highest BCUT2D eigenvalue weighted by Crippen LogP contribution is 2.42. The van der Waals surface area contributed by atoms with Gasteiger partial charge in [0.2, 0.25) is 11.6 Å². The highest BCUT2D eigenvalue weighted by Gasteiger charge is 2.38. The van der Waals surface area contributed by atoms with Crippen molar-refractivity contribution in [3.63, 3.8) is 0 Å². The molecule has 1 saturated heterocycles. The first kappa shape index (κ1) is 26.9. The number of ketones is 2. The number of phenols is 2. The van der Waals surface area contributed by atoms with Crippen LogP contribution >= 0.6 is 0 Å². The van der Waals surface area contributed by atoms with E-state index in [-0.39, 0.29) is 59.1 Å². The number of carbonyl (C=O) groups is 2. The molecule has 1 aliphatic carbocycles. The van der Waals surface area contributed by atoms with Gasteiger partial charge in [-0.3, -0.25) is 14.5 Å². The topological polar surface area (TPSA) is 146 Å². The average molecular weight is 513 g/mol. The molecule has 2 unspecified atom stereocenters. The summed E-state index contributed by atoms with van der Waals surface area (Å²) in [7, 11) is 3.86. The van der Waals surface area contributed by atoms with Crippen LogP contribution in [0, 0.1) is 0 Å². The number of hydrogen-bond donors (Lipinski definition) is 6. The molecule has 0 spiro atoms. The van der Waals surface area contributed by atoms with Gasteiger partial charge in [-0.15, -0.1) is 0 Å². The predicted octanol–water partition coefficient (Wildman–Crippen LogP) is 1.47. The van der Waals surface area contributed by atoms with Crippen LogP contribution in [-0.4, -0.2) is 107 Å². The van der Waals surface area contributed by atoms with E-state index < -0.39 is 11.6 Å². The molecule has 200 valence electrons. The van der Waals surface area contributed by atoms with Crippen molar-refractivity contribution in [2.24, 2.45) is 0 Å². The van der Waals surface area contributed by atoms with E-state index in [0.717, 1.165) is 19.3 Å². The summed E-state index contributed by atoms with van der Waals surface area (Å²) in [6.45, 7) is 2.18. The molecule has 10 heteroatoms. The summed E-state index contributed by atoms with van der Waals surface area (Å²) >= 11 is 0. The number of nitrogens with one attached hydrogen (secondary N) is 2. The fourth-order valence-electron chi connectivity index (χ4n) is 5.37. The molecule has 2 aromatic rings. The third kappa shape index (κ3) is 5.28. The smallest absolute Gasteiger partial charge is 0.200 e. The van der Waals surface area contributed by atoms with Crippen LogP contribution < -0.4 is 10.6 Å². The number of hydrogen-bond acceptors (Lipinski definition) is 10. The first-order chi connectivity index (χ1) is 17.8. The zero-order valence-corrected chi connectivity index (χ0v) is 21.3. The second kappa shape index (κ2) is 11.5. The first-order valence-electron chi connectivity index (χ1n) is 12.7. The van der Waals surface area contributed by atoms with Gasteiger partial charge in [-0.2, -0.15) is 0 Å². The third-order valence-electron chi connectivity index (χ3n) is 7.27. The second-order valence-electron chi connectivity index (χ2n) is 9.92. The Morgan fingerprint density at radius 2 is 1.30 bits per heavy atom. The predicted molar refractivity (Wildman–Crippen MR) is 141 cm³/mol. The molecule has 1 fully saturated rings. The number of benzene rings is 2. The Balaban J connectivity index is 1.67. The zero-order chi connectivity index (χ0) is 26.7. The number of anilines is 2. The lowest BCUT2D eigenvalue weighted by Gasteiger charge is -2.40. The summed E-state index contributed by atoms with van der Waals surface area (Å²) in [5.74, 6) is -1.80. The number of carbonyl (C=O) groups excluding carboxylic acids is 2. The molecule has 0 bridgehead atoms. The molecule has 0 amide bonds. The van der Waals surface area contributed by atoms with E-state index in [2.05, 4.69) is 15.5 Å². The van der Waals surface area contributed by atoms with Gasteiger partial charge in [0.05, 0.1) is 35.5 Å². The summed E-state index contributed by atoms with van der Waals surface area (Å²) in [4.78, 5) is 31.4. The van der Waals surface area contributed by atoms with E-state index in [1.54, 1.807) is 12.1 Å². The van der Waals surface area contributed by atoms with Gasteiger partial charge in [0, 0.05) is 49.6 Å². The second-order valence-corrected chi connectivity index (χ2v) is 9.92. The number of aliphatic hydroxyl groups excluding tert-OH is 2. The van der Waals surface area contributed by atoms with Crippen molar-refractivity contribution in [3.05, 3.63) is 46.5 Å². The van der Waals surface area contributed by atoms with E-state index in [4.69, 9.17) is 0 Å². The van der Waals surface area contributed by atoms with Gasteiger partial charge in [-0.25, -0.2) is 0 Å². The fraction of sp³-hybridized carbons (Fsp3) is 0.481. The Hall–Kier alpha value is -3.18. The number of aliphatic hydroxyl groups is 2. The fourth-order valence-corrected chi connectivity index (χ4v) is 5.37. The largest absolute Gasteiger partial charge is 0.507 e. The van der Waals surface area contributed by atoms with Crippen molar-refractivity contribution in [2.45, 2.75) is 31.3 Å². The van der Waals surface area contributed by atoms with E-state index in [0.29, 0.717) is 37.6 Å². The highest BCUT2D eigenvalue weighted by atomic mass is 16.3. The molecular formula is C27H36N4O6. The van der Waals surface area contributed by atoms with E-state index >= 15 is 0 Å². The van der Waals surface area contributed by atoms with Gasteiger partial charge in [0.15, 0.2) is 0 Å². The van der Waals surface area contributed by atoms with E-state index in [1.807, 2.05) is 19.0 Å². The van der Waals surface area contributed by atoms with Crippen LogP contribution in [0.2, 0.25) is 0 Å². The lowest BCUT2D eigenvalue weighted by molar-refractivity contribution is 0.0212. The zero-order valence-electron chi connectivity index (χ0n) is 21.3. The quantitative estimate of drug-likeness (QED) is 0.221. The molecule has 2 aromatic carbocycles. The Bertz CT molecular complexity index is 1160. The van der Waals surface area contributed by atoms with Crippen LogP contribution in [0.15, 0.2) is 24.3 Å². The maximum absolute atomic E-state index is 13.7. The lowest BCUT2D eigenvalue weighted by atomic mass is 9.81. The molecule has 2 atom stereocenters. The number of likely N-dealkylation sites (N-methyl/N-ethyl adjacent to an activating group) is 1. The molecule has 6 N–H and O–H groups in total. The van der Waals surface area contributed by atoms with Crippen molar-refractivity contribution in [1.82, 2.24) is 9.80 Å². The van der Waals surface area contributed by atoms with Crippen molar-refractivity contribution < 1.29 is 30.0 Å². The number of aromatic hydroxyl groups is 2. The number of likely N-dealkylation sites (tertiary alicyclic amines) is 1. The number of rotatable bonds is 10. The molecular weight excluding hydrogens is 476 g/mol. The summed E-state index contributed by atoms with van der Waals surface area (Å²) in [5.41, 5.74) is 0.813. The summed E-state index contributed by atoms with van der Waals surface area (Å²) < 4.78 is 0. The molecule has 0 radical (unpaired) electrons. The normalized spacial score (nSPS) is 19.6. The Kier molecular flexibility index (Phi) is 8.33. The van der Waals surface area contributed by atoms with Crippen molar-refractivity contribution >= 4 is 22.9 Å². The van der Waals surface area contributed by atoms with Crippen LogP contribution in [-0.2, 0) is 0 Å². The molecule has 4 rings (SSSR count). The molecule has 10 nitrogen and oxygen atoms in total. The summed E-state index contributed by atoms with van der Waals surface area (Å²) in [6, 6.07) is 5.80. The molecule has 1 heterocycles. The van der Waals surface area contributed by atoms with Crippen LogP contribution in [0.25, 0.3) is 0 Å². The molecule has 0 aromatic heterocycles. The Morgan fingerprint density at radius 3 is 1.76 bits per heavy atom. The average Bonchev–Trinajstić information content (AvgIpc) is 2.88. The minimum Gasteiger partial charge on any atom is -0.507 e. The minimum atomic E-state index is -0.545. The van der Waals surface area contributed by atoms with Crippen LogP contribution in [0.5, 0.6) is 11.5 Å². The maximum Gasteiger partial charge on any atom is 0.200 e. The molecule has 0 saturated carbocycles. The van der Waals surface area contributed by atoms with Gasteiger partial charge in [0.25, 0.3) is 0 Å². The Morgan fingerprint density at radius 1 is 0.811 bits per heavy atom. The maximum atomic E-state index is 13.7. The monoisotopic (exact) mass is 512 g/mol. The minimum absolute atomic E-state index is 0.00571. The SMILES string of the molecule is CN(C)CCNc1ccc(NCCN2C(CO)CCCC2CO)c2c1C(=O)c1c(O)ccc(O)c1C2=O. The van der Waals surface area contributed by atoms with Crippen molar-refractivity contribution in [1.29, 1.82) is 0 Å². The van der Waals surface area contributed by atoms with E-state index in [1.165, 1.54) is 12.1 Å². The van der Waals surface area contributed by atoms with Crippen LogP contribution in [0.4, 0.5) is 11.4 Å². The third-order valence-corrected chi connectivity index (χ3v) is 7.27. The number of nitrogens with zero attached hydrogens (tertiary/aromatic N) is 2. The van der Waals surface area contributed by atoms with Crippen LogP contribution in [0.3, 0.4) is 0 Å². The summed E-state index contributed by atoms with van der Waals surface area (Å²) in [5, 5.41) is 47.0. The number of fused-ring (bicyclic) bond motifs is 2. The van der Waals surface area contributed by atoms with Gasteiger partial charge < -0.3 is 36.0 Å². The van der Waals surface area contributed by atoms with Crippen LogP contribution in [0.1, 0.15) is 51.1 Å². The summed E-state index contributed by atoms with van der Waals surface area (Å²) in [6.07, 6.45) is 2.65. The van der Waals surface area contributed by atoms with Gasteiger partial charge in [0.1, 0.15) is 11.5 Å². The highest BCUT2D eigenvalue weighted by molar-refractivity contribution is 6.33. The number of phenolic OH excluding ortho intramolecular Hbond substituents is 2. The van der Waals surface area contributed by atoms with Gasteiger partial charge in [-0.05, 0) is 51.2 Å². The molecule has 1 aliphatic heterocycles. The first-order valence-corrected chi connectivity index (χ1v) is 12.7. The van der Waals surface area contributed by atoms with Gasteiger partial charge in [-0.1, -0.05) is 6.42 Å². The molecule has 2 aliphatic rings. The van der Waals surface area contributed by atoms with E-state index in [9.17, 15) is 30.0 Å². The molecule has 37 heavy (non-hydrogen) atoms. The lowest BCUT2D eigenvalue weighted by Crippen LogP contribution is -2.51. The van der Waals surface area contributed by atoms with Crippen molar-refractivity contribution in [3.8, 4) is 11.5 Å². The number of piperidine rings is 1. The van der Waals surface area contributed by atoms with Gasteiger partial charge >= 0.3 is 0 Å². The Labute approximate surface area is 216 Å². The van der Waals surface area contributed by atoms with Crippen molar-refractivity contribution in [2.75, 3.05) is 64.1 Å². The standard InChI is InChI=1S/C27H36N4O6/c1-30(2)12-10-28-18-6-7-19(29-11-13-31-16(14-32)4-3-5-17(31)15-33)23-22(18)26(36)24-20(34)8-9-21(35)25(24)27(23)37/h6-9,16-17,28-29,32-35H,3-5,10-15H2,1-2H3.